The highest BCUT2D eigenvalue weighted by molar-refractivity contribution is 6.00. The Kier molecular flexibility index (Phi) is 4.79. The van der Waals surface area contributed by atoms with Gasteiger partial charge < -0.3 is 14.5 Å². The molecule has 1 amide bonds. The Morgan fingerprint density at radius 2 is 2.07 bits per heavy atom. The van der Waals surface area contributed by atoms with Gasteiger partial charge in [0.2, 0.25) is 0 Å². The van der Waals surface area contributed by atoms with Gasteiger partial charge in [-0.2, -0.15) is 0 Å². The van der Waals surface area contributed by atoms with Crippen molar-refractivity contribution in [3.63, 3.8) is 0 Å². The minimum atomic E-state index is 0.0642. The molecule has 0 spiro atoms. The fourth-order valence-electron chi connectivity index (χ4n) is 3.91. The van der Waals surface area contributed by atoms with Crippen molar-refractivity contribution < 1.29 is 4.79 Å². The number of amides is 1. The zero-order chi connectivity index (χ0) is 18.8. The van der Waals surface area contributed by atoms with Gasteiger partial charge in [0.1, 0.15) is 11.6 Å². The molecule has 6 nitrogen and oxygen atoms in total. The molecule has 4 rings (SSSR count). The van der Waals surface area contributed by atoms with E-state index < -0.39 is 0 Å². The third kappa shape index (κ3) is 3.39. The lowest BCUT2D eigenvalue weighted by Gasteiger charge is -2.33. The van der Waals surface area contributed by atoms with Gasteiger partial charge in [0.25, 0.3) is 5.91 Å². The SMILES string of the molecule is CC(C)n1ccnc1[C@@H]1CCCN(C(=O)c2ccccc2-c2ncc[nH]2)C1. The summed E-state index contributed by atoms with van der Waals surface area (Å²) in [7, 11) is 0. The zero-order valence-corrected chi connectivity index (χ0v) is 15.8. The van der Waals surface area contributed by atoms with Crippen LogP contribution in [0.3, 0.4) is 0 Å². The summed E-state index contributed by atoms with van der Waals surface area (Å²) < 4.78 is 2.22. The number of H-pyrrole nitrogens is 1. The monoisotopic (exact) mass is 363 g/mol. The smallest absolute Gasteiger partial charge is 0.254 e. The summed E-state index contributed by atoms with van der Waals surface area (Å²) in [6, 6.07) is 8.05. The summed E-state index contributed by atoms with van der Waals surface area (Å²) in [5, 5.41) is 0. The van der Waals surface area contributed by atoms with Crippen molar-refractivity contribution in [1.82, 2.24) is 24.4 Å². The molecular formula is C21H25N5O. The highest BCUT2D eigenvalue weighted by atomic mass is 16.2. The van der Waals surface area contributed by atoms with Crippen molar-refractivity contribution >= 4 is 5.91 Å². The van der Waals surface area contributed by atoms with Crippen LogP contribution in [-0.2, 0) is 0 Å². The van der Waals surface area contributed by atoms with E-state index in [0.717, 1.165) is 36.6 Å². The molecule has 0 saturated carbocycles. The molecule has 140 valence electrons. The number of carbonyl (C=O) groups excluding carboxylic acids is 1. The molecule has 1 fully saturated rings. The normalized spacial score (nSPS) is 17.4. The second-order valence-corrected chi connectivity index (χ2v) is 7.36. The first kappa shape index (κ1) is 17.5. The van der Waals surface area contributed by atoms with E-state index >= 15 is 0 Å². The van der Waals surface area contributed by atoms with Crippen molar-refractivity contribution in [2.45, 2.75) is 38.6 Å². The fourth-order valence-corrected chi connectivity index (χ4v) is 3.91. The van der Waals surface area contributed by atoms with Crippen LogP contribution in [0.5, 0.6) is 0 Å². The van der Waals surface area contributed by atoms with Crippen LogP contribution >= 0.6 is 0 Å². The minimum absolute atomic E-state index is 0.0642. The minimum Gasteiger partial charge on any atom is -0.345 e. The van der Waals surface area contributed by atoms with E-state index in [2.05, 4.69) is 33.4 Å². The predicted octanol–water partition coefficient (Wildman–Crippen LogP) is 3.87. The quantitative estimate of drug-likeness (QED) is 0.765. The molecule has 2 aromatic heterocycles. The van der Waals surface area contributed by atoms with E-state index in [1.165, 1.54) is 0 Å². The molecule has 1 aliphatic heterocycles. The number of aromatic nitrogens is 4. The highest BCUT2D eigenvalue weighted by Gasteiger charge is 2.29. The number of carbonyl (C=O) groups is 1. The molecule has 3 aromatic rings. The lowest BCUT2D eigenvalue weighted by Crippen LogP contribution is -2.40. The van der Waals surface area contributed by atoms with Crippen molar-refractivity contribution in [3.8, 4) is 11.4 Å². The van der Waals surface area contributed by atoms with E-state index in [-0.39, 0.29) is 11.8 Å². The van der Waals surface area contributed by atoms with E-state index in [1.807, 2.05) is 41.6 Å². The van der Waals surface area contributed by atoms with Crippen molar-refractivity contribution in [1.29, 1.82) is 0 Å². The molecule has 1 atom stereocenters. The van der Waals surface area contributed by atoms with E-state index in [1.54, 1.807) is 12.4 Å². The molecule has 27 heavy (non-hydrogen) atoms. The van der Waals surface area contributed by atoms with Crippen LogP contribution in [0, 0.1) is 0 Å². The molecule has 1 aliphatic rings. The van der Waals surface area contributed by atoms with Gasteiger partial charge in [-0.25, -0.2) is 9.97 Å². The maximum absolute atomic E-state index is 13.3. The third-order valence-electron chi connectivity index (χ3n) is 5.24. The van der Waals surface area contributed by atoms with Crippen LogP contribution in [0.1, 0.15) is 54.8 Å². The van der Waals surface area contributed by atoms with Crippen molar-refractivity contribution in [2.75, 3.05) is 13.1 Å². The second kappa shape index (κ2) is 7.39. The number of rotatable bonds is 4. The second-order valence-electron chi connectivity index (χ2n) is 7.36. The molecule has 3 heterocycles. The van der Waals surface area contributed by atoms with Gasteiger partial charge in [-0.05, 0) is 32.8 Å². The van der Waals surface area contributed by atoms with Crippen LogP contribution in [0.15, 0.2) is 49.1 Å². The molecular weight excluding hydrogens is 338 g/mol. The van der Waals surface area contributed by atoms with Crippen LogP contribution in [0.2, 0.25) is 0 Å². The molecule has 0 radical (unpaired) electrons. The summed E-state index contributed by atoms with van der Waals surface area (Å²) in [5.74, 6) is 2.15. The molecule has 1 aromatic carbocycles. The number of nitrogens with one attached hydrogen (secondary N) is 1. The van der Waals surface area contributed by atoms with Gasteiger partial charge in [-0.15, -0.1) is 0 Å². The molecule has 0 aliphatic carbocycles. The van der Waals surface area contributed by atoms with Crippen molar-refractivity contribution in [2.24, 2.45) is 0 Å². The predicted molar refractivity (Wildman–Crippen MR) is 105 cm³/mol. The Bertz CT molecular complexity index is 912. The van der Waals surface area contributed by atoms with E-state index in [4.69, 9.17) is 0 Å². The number of aromatic amines is 1. The third-order valence-corrected chi connectivity index (χ3v) is 5.24. The van der Waals surface area contributed by atoms with Gasteiger partial charge in [0, 0.05) is 55.4 Å². The van der Waals surface area contributed by atoms with E-state index in [0.29, 0.717) is 18.2 Å². The topological polar surface area (TPSA) is 66.8 Å². The van der Waals surface area contributed by atoms with Gasteiger partial charge in [0.15, 0.2) is 0 Å². The largest absolute Gasteiger partial charge is 0.345 e. The average molecular weight is 363 g/mol. The number of likely N-dealkylation sites (tertiary alicyclic amines) is 1. The fraction of sp³-hybridized carbons (Fsp3) is 0.381. The Hall–Kier alpha value is -2.89. The lowest BCUT2D eigenvalue weighted by atomic mass is 9.95. The summed E-state index contributed by atoms with van der Waals surface area (Å²) >= 11 is 0. The van der Waals surface area contributed by atoms with Crippen LogP contribution in [-0.4, -0.2) is 43.4 Å². The number of hydrogen-bond donors (Lipinski definition) is 1. The Morgan fingerprint density at radius 1 is 1.22 bits per heavy atom. The number of hydrogen-bond acceptors (Lipinski definition) is 3. The van der Waals surface area contributed by atoms with Crippen LogP contribution in [0.4, 0.5) is 0 Å². The summed E-state index contributed by atoms with van der Waals surface area (Å²) in [4.78, 5) is 27.3. The maximum Gasteiger partial charge on any atom is 0.254 e. The number of nitrogens with zero attached hydrogens (tertiary/aromatic N) is 4. The maximum atomic E-state index is 13.3. The molecule has 0 bridgehead atoms. The van der Waals surface area contributed by atoms with E-state index in [9.17, 15) is 4.79 Å². The molecule has 1 N–H and O–H groups in total. The summed E-state index contributed by atoms with van der Waals surface area (Å²) in [6.07, 6.45) is 9.44. The number of piperidine rings is 1. The highest BCUT2D eigenvalue weighted by Crippen LogP contribution is 2.29. The van der Waals surface area contributed by atoms with Crippen LogP contribution in [0.25, 0.3) is 11.4 Å². The van der Waals surface area contributed by atoms with Crippen molar-refractivity contribution in [3.05, 3.63) is 60.4 Å². The number of benzene rings is 1. The summed E-state index contributed by atoms with van der Waals surface area (Å²) in [5.41, 5.74) is 1.54. The Balaban J connectivity index is 1.59. The first-order valence-electron chi connectivity index (χ1n) is 9.56. The number of imidazole rings is 2. The Labute approximate surface area is 159 Å². The first-order chi connectivity index (χ1) is 13.1. The standard InChI is InChI=1S/C21H25N5O/c1-15(2)26-13-11-24-20(26)16-6-5-12-25(14-16)21(27)18-8-4-3-7-17(18)19-22-9-10-23-19/h3-4,7-11,13,15-16H,5-6,12,14H2,1-2H3,(H,22,23)/t16-/m1/s1. The van der Waals surface area contributed by atoms with Gasteiger partial charge in [-0.3, -0.25) is 4.79 Å². The molecule has 0 unspecified atom stereocenters. The first-order valence-corrected chi connectivity index (χ1v) is 9.56. The zero-order valence-electron chi connectivity index (χ0n) is 15.8. The average Bonchev–Trinajstić information content (AvgIpc) is 3.39. The summed E-state index contributed by atoms with van der Waals surface area (Å²) in [6.45, 7) is 5.81. The van der Waals surface area contributed by atoms with Gasteiger partial charge in [-0.1, -0.05) is 18.2 Å². The molecule has 6 heteroatoms. The Morgan fingerprint density at radius 3 is 2.85 bits per heavy atom. The lowest BCUT2D eigenvalue weighted by molar-refractivity contribution is 0.0703. The van der Waals surface area contributed by atoms with Crippen LogP contribution < -0.4 is 0 Å². The van der Waals surface area contributed by atoms with Gasteiger partial charge in [0.05, 0.1) is 5.56 Å². The molecule has 1 saturated heterocycles. The van der Waals surface area contributed by atoms with Gasteiger partial charge >= 0.3 is 0 Å².